The van der Waals surface area contributed by atoms with Crippen molar-refractivity contribution in [1.82, 2.24) is 4.98 Å². The molecule has 1 saturated heterocycles. The summed E-state index contributed by atoms with van der Waals surface area (Å²) in [6, 6.07) is 16.3. The zero-order valence-corrected chi connectivity index (χ0v) is 29.0. The Morgan fingerprint density at radius 2 is 1.76 bits per heavy atom. The van der Waals surface area contributed by atoms with Gasteiger partial charge in [0.2, 0.25) is 11.8 Å². The number of thiazole rings is 1. The Labute approximate surface area is 298 Å². The fourth-order valence-corrected chi connectivity index (χ4v) is 11.5. The maximum Gasteiger partial charge on any atom is 0.416 e. The van der Waals surface area contributed by atoms with E-state index in [1.165, 1.54) is 17.0 Å². The first-order chi connectivity index (χ1) is 23.4. The van der Waals surface area contributed by atoms with Gasteiger partial charge in [0, 0.05) is 36.8 Å². The molecular formula is C34H24BrClF3N3O5S2. The van der Waals surface area contributed by atoms with Crippen molar-refractivity contribution in [2.45, 2.75) is 28.8 Å². The predicted octanol–water partition coefficient (Wildman–Crippen LogP) is 7.57. The van der Waals surface area contributed by atoms with Gasteiger partial charge >= 0.3 is 11.0 Å². The maximum atomic E-state index is 14.0. The van der Waals surface area contributed by atoms with E-state index in [2.05, 4.69) is 26.2 Å². The number of hydrogen-bond acceptors (Lipinski definition) is 7. The van der Waals surface area contributed by atoms with Gasteiger partial charge < -0.3 is 15.0 Å². The van der Waals surface area contributed by atoms with Gasteiger partial charge in [-0.25, -0.2) is 0 Å². The molecule has 2 N–H and O–H groups in total. The molecule has 15 heteroatoms. The molecule has 3 aromatic carbocycles. The third kappa shape index (κ3) is 5.51. The Kier molecular flexibility index (Phi) is 8.00. The van der Waals surface area contributed by atoms with Gasteiger partial charge in [-0.1, -0.05) is 44.9 Å². The van der Waals surface area contributed by atoms with E-state index < -0.39 is 42.0 Å². The quantitative estimate of drug-likeness (QED) is 0.195. The van der Waals surface area contributed by atoms with E-state index >= 15 is 0 Å². The fraction of sp³-hybridized carbons (Fsp3) is 0.294. The number of alkyl halides is 3. The highest BCUT2D eigenvalue weighted by Crippen LogP contribution is 2.69. The number of fused-ring (bicyclic) bond motifs is 9. The molecule has 0 radical (unpaired) electrons. The molecule has 2 aliphatic carbocycles. The lowest BCUT2D eigenvalue weighted by Crippen LogP contribution is -2.42. The van der Waals surface area contributed by atoms with Gasteiger partial charge in [0.05, 0.1) is 28.1 Å². The molecule has 8 rings (SSSR count). The van der Waals surface area contributed by atoms with E-state index in [-0.39, 0.29) is 45.4 Å². The normalized spacial score (nSPS) is 26.8. The number of ether oxygens (including phenoxy) is 1. The number of amides is 3. The first-order valence-electron chi connectivity index (χ1n) is 15.3. The summed E-state index contributed by atoms with van der Waals surface area (Å²) in [6.45, 7) is -0.511. The number of rotatable bonds is 6. The van der Waals surface area contributed by atoms with Crippen LogP contribution in [-0.4, -0.2) is 34.6 Å². The van der Waals surface area contributed by atoms with Crippen molar-refractivity contribution in [1.29, 1.82) is 0 Å². The third-order valence-electron chi connectivity index (χ3n) is 9.95. The number of aromatic amines is 1. The van der Waals surface area contributed by atoms with Gasteiger partial charge in [-0.2, -0.15) is 13.2 Å². The lowest BCUT2D eigenvalue weighted by molar-refractivity contribution is -0.137. The second-order valence-electron chi connectivity index (χ2n) is 12.5. The molecule has 49 heavy (non-hydrogen) atoms. The number of imide groups is 1. The number of nitrogens with zero attached hydrogens (tertiary/aromatic N) is 1. The Hall–Kier alpha value is -3.59. The smallest absolute Gasteiger partial charge is 0.416 e. The van der Waals surface area contributed by atoms with Crippen LogP contribution in [0.4, 0.5) is 24.5 Å². The highest BCUT2D eigenvalue weighted by molar-refractivity contribution is 9.10. The number of nitrogens with one attached hydrogen (secondary N) is 2. The largest absolute Gasteiger partial charge is 0.483 e. The van der Waals surface area contributed by atoms with Gasteiger partial charge in [-0.3, -0.25) is 24.1 Å². The zero-order valence-electron chi connectivity index (χ0n) is 25.0. The van der Waals surface area contributed by atoms with Crippen molar-refractivity contribution < 1.29 is 32.3 Å². The number of carbonyl (C=O) groups excluding carboxylic acids is 3. The summed E-state index contributed by atoms with van der Waals surface area (Å²) in [7, 11) is 0. The molecule has 2 saturated carbocycles. The van der Waals surface area contributed by atoms with Crippen molar-refractivity contribution in [2.75, 3.05) is 16.8 Å². The molecule has 3 amide bonds. The molecule has 2 aliphatic heterocycles. The lowest BCUT2D eigenvalue weighted by Gasteiger charge is -2.43. The van der Waals surface area contributed by atoms with Crippen molar-refractivity contribution in [2.24, 2.45) is 29.6 Å². The molecular weight excluding hydrogens is 767 g/mol. The summed E-state index contributed by atoms with van der Waals surface area (Å²) >= 11 is 12.6. The number of carbonyl (C=O) groups is 3. The minimum absolute atomic E-state index is 0.0295. The average Bonchev–Trinajstić information content (AvgIpc) is 3.79. The Morgan fingerprint density at radius 3 is 2.49 bits per heavy atom. The van der Waals surface area contributed by atoms with Gasteiger partial charge in [0.25, 0.3) is 5.91 Å². The van der Waals surface area contributed by atoms with Crippen molar-refractivity contribution >= 4 is 79.7 Å². The summed E-state index contributed by atoms with van der Waals surface area (Å²) in [5, 5.41) is 3.45. The standard InChI is InChI=1S/C34H24BrClF3N3O5S2/c35-15-4-7-18(8-5-15)42-31(44)26-20-12-21(27(26)32(42)45)28-25(20)24(29-30(48-28)41-33(46)49-29)19-11-16(36)6-9-22(19)47-13-23(43)40-17-3-1-2-14(10-17)34(37,38)39/h1-11,20-21,24-28H,12-13H2,(H,40,43)(H,41,46)/t20-,21-,24+,25-,26+,27+,28-/m1/s1. The Morgan fingerprint density at radius 1 is 1.02 bits per heavy atom. The summed E-state index contributed by atoms with van der Waals surface area (Å²) in [6.07, 6.45) is -3.89. The van der Waals surface area contributed by atoms with Crippen molar-refractivity contribution in [3.8, 4) is 5.75 Å². The van der Waals surface area contributed by atoms with Gasteiger partial charge in [-0.15, -0.1) is 11.8 Å². The molecule has 4 aromatic rings. The average molecular weight is 791 g/mol. The van der Waals surface area contributed by atoms with E-state index in [4.69, 9.17) is 16.3 Å². The number of benzene rings is 3. The molecule has 1 aromatic heterocycles. The van der Waals surface area contributed by atoms with Crippen LogP contribution in [0.15, 0.2) is 81.0 Å². The van der Waals surface area contributed by atoms with Gasteiger partial charge in [0.1, 0.15) is 5.75 Å². The van der Waals surface area contributed by atoms with E-state index in [1.54, 1.807) is 54.2 Å². The van der Waals surface area contributed by atoms with Crippen LogP contribution in [-0.2, 0) is 20.6 Å². The molecule has 3 heterocycles. The van der Waals surface area contributed by atoms with Crippen LogP contribution in [0, 0.1) is 29.6 Å². The number of anilines is 2. The second kappa shape index (κ2) is 12.0. The topological polar surface area (TPSA) is 109 Å². The molecule has 2 bridgehead atoms. The first kappa shape index (κ1) is 32.6. The third-order valence-corrected chi connectivity index (χ3v) is 13.3. The summed E-state index contributed by atoms with van der Waals surface area (Å²) < 4.78 is 46.4. The first-order valence-corrected chi connectivity index (χ1v) is 18.2. The SMILES string of the molecule is O=C(COc1ccc(Cl)cc1[C@@H]1c2sc(=O)[nH]c2S[C@@H]2[C@@H]3C[C@@H]([C@@H]4C(=O)N(c5ccc(Br)cc5)C(=O)[C@@H]34)[C@H]12)Nc1cccc(C(F)(F)F)c1. The van der Waals surface area contributed by atoms with Crippen LogP contribution in [0.3, 0.4) is 0 Å². The molecule has 3 fully saturated rings. The summed E-state index contributed by atoms with van der Waals surface area (Å²) in [5.41, 5.74) is 0.222. The van der Waals surface area contributed by atoms with E-state index in [0.29, 0.717) is 33.5 Å². The minimum Gasteiger partial charge on any atom is -0.483 e. The molecule has 0 unspecified atom stereocenters. The second-order valence-corrected chi connectivity index (χ2v) is 16.1. The number of aromatic nitrogens is 1. The maximum absolute atomic E-state index is 14.0. The molecule has 252 valence electrons. The van der Waals surface area contributed by atoms with Crippen molar-refractivity contribution in [3.63, 3.8) is 0 Å². The molecule has 8 nitrogen and oxygen atoms in total. The Bertz CT molecular complexity index is 2090. The number of H-pyrrole nitrogens is 1. The predicted molar refractivity (Wildman–Crippen MR) is 182 cm³/mol. The van der Waals surface area contributed by atoms with Crippen LogP contribution in [0.1, 0.15) is 28.3 Å². The van der Waals surface area contributed by atoms with Gasteiger partial charge in [-0.05, 0) is 84.8 Å². The van der Waals surface area contributed by atoms with Crippen LogP contribution in [0.2, 0.25) is 5.02 Å². The number of hydrogen-bond donors (Lipinski definition) is 2. The van der Waals surface area contributed by atoms with Crippen LogP contribution < -0.4 is 19.8 Å². The molecule has 0 spiro atoms. The molecule has 7 atom stereocenters. The van der Waals surface area contributed by atoms with Crippen LogP contribution >= 0.6 is 50.6 Å². The highest BCUT2D eigenvalue weighted by Gasteiger charge is 2.70. The van der Waals surface area contributed by atoms with Crippen molar-refractivity contribution in [3.05, 3.63) is 102 Å². The monoisotopic (exact) mass is 789 g/mol. The van der Waals surface area contributed by atoms with Crippen LogP contribution in [0.5, 0.6) is 5.75 Å². The van der Waals surface area contributed by atoms with E-state index in [9.17, 15) is 32.3 Å². The fourth-order valence-electron chi connectivity index (χ4n) is 8.22. The minimum atomic E-state index is -4.57. The summed E-state index contributed by atoms with van der Waals surface area (Å²) in [5.74, 6) is -2.66. The molecule has 4 aliphatic rings. The summed E-state index contributed by atoms with van der Waals surface area (Å²) in [4.78, 5) is 58.3. The van der Waals surface area contributed by atoms with Crippen LogP contribution in [0.25, 0.3) is 0 Å². The van der Waals surface area contributed by atoms with E-state index in [0.717, 1.165) is 32.8 Å². The Balaban J connectivity index is 1.11. The number of halogens is 5. The zero-order chi connectivity index (χ0) is 34.4. The lowest BCUT2D eigenvalue weighted by atomic mass is 9.68. The van der Waals surface area contributed by atoms with E-state index in [1.807, 2.05) is 0 Å². The number of thioether (sulfide) groups is 1. The highest BCUT2D eigenvalue weighted by atomic mass is 79.9. The van der Waals surface area contributed by atoms with Gasteiger partial charge in [0.15, 0.2) is 6.61 Å².